The zero-order valence-corrected chi connectivity index (χ0v) is 13.5. The van der Waals surface area contributed by atoms with E-state index in [4.69, 9.17) is 18.0 Å². The van der Waals surface area contributed by atoms with Gasteiger partial charge in [-0.25, -0.2) is 13.4 Å². The van der Waals surface area contributed by atoms with Crippen LogP contribution >= 0.6 is 34.9 Å². The second-order valence-electron chi connectivity index (χ2n) is 4.33. The fourth-order valence-corrected chi connectivity index (χ4v) is 5.63. The molecular formula is C11H11N3O2S4. The fraction of sp³-hybridized carbons (Fsp3) is 0.273. The van der Waals surface area contributed by atoms with Crippen molar-refractivity contribution in [1.29, 1.82) is 0 Å². The number of thiazole rings is 1. The number of thiocarbonyl (C=S) groups is 1. The van der Waals surface area contributed by atoms with Crippen molar-refractivity contribution >= 4 is 55.0 Å². The largest absolute Gasteiger partial charge is 0.389 e. The number of fused-ring (bicyclic) bond motifs is 1. The van der Waals surface area contributed by atoms with E-state index in [2.05, 4.69) is 9.71 Å². The number of hydrogen-bond donors (Lipinski definition) is 2. The van der Waals surface area contributed by atoms with Crippen molar-refractivity contribution in [3.8, 4) is 0 Å². The molecule has 0 amide bonds. The van der Waals surface area contributed by atoms with E-state index in [9.17, 15) is 8.42 Å². The van der Waals surface area contributed by atoms with E-state index >= 15 is 0 Å². The van der Waals surface area contributed by atoms with Crippen molar-refractivity contribution in [2.24, 2.45) is 5.73 Å². The standard InChI is InChI=1S/C11H11N3O2S4/c12-10(17)8-4-5-9(18-8)20(15,16)14-11-13-6-2-1-3-7(6)19-11/h4-5H,1-3H2,(H2,12,17)(H,13,14). The van der Waals surface area contributed by atoms with Crippen LogP contribution in [0.15, 0.2) is 16.3 Å². The molecule has 0 aliphatic heterocycles. The van der Waals surface area contributed by atoms with Crippen molar-refractivity contribution in [3.63, 3.8) is 0 Å². The molecule has 5 nitrogen and oxygen atoms in total. The molecule has 0 atom stereocenters. The number of nitrogens with one attached hydrogen (secondary N) is 1. The highest BCUT2D eigenvalue weighted by atomic mass is 32.2. The van der Waals surface area contributed by atoms with Gasteiger partial charge in [-0.1, -0.05) is 12.2 Å². The Labute approximate surface area is 129 Å². The van der Waals surface area contributed by atoms with E-state index in [0.717, 1.165) is 36.3 Å². The molecule has 20 heavy (non-hydrogen) atoms. The Morgan fingerprint density at radius 1 is 1.35 bits per heavy atom. The average Bonchev–Trinajstić information content (AvgIpc) is 3.01. The first-order valence-corrected chi connectivity index (χ1v) is 9.39. The zero-order valence-electron chi connectivity index (χ0n) is 10.3. The lowest BCUT2D eigenvalue weighted by Crippen LogP contribution is -2.11. The molecule has 0 saturated carbocycles. The third kappa shape index (κ3) is 2.58. The molecule has 2 aromatic heterocycles. The lowest BCUT2D eigenvalue weighted by molar-refractivity contribution is 0.603. The van der Waals surface area contributed by atoms with Crippen LogP contribution in [0.4, 0.5) is 5.13 Å². The number of sulfonamides is 1. The number of aryl methyl sites for hydroxylation is 2. The predicted octanol–water partition coefficient (Wildman–Crippen LogP) is 2.13. The summed E-state index contributed by atoms with van der Waals surface area (Å²) in [6.07, 6.45) is 3.01. The van der Waals surface area contributed by atoms with Gasteiger partial charge in [0.1, 0.15) is 9.20 Å². The van der Waals surface area contributed by atoms with Gasteiger partial charge in [0, 0.05) is 4.88 Å². The number of thiophene rings is 1. The number of rotatable bonds is 4. The van der Waals surface area contributed by atoms with E-state index in [0.29, 0.717) is 10.0 Å². The molecule has 106 valence electrons. The molecule has 0 aromatic carbocycles. The lowest BCUT2D eigenvalue weighted by Gasteiger charge is -2.02. The second kappa shape index (κ2) is 5.06. The molecule has 0 fully saturated rings. The highest BCUT2D eigenvalue weighted by molar-refractivity contribution is 7.95. The Balaban J connectivity index is 1.85. The Kier molecular flexibility index (Phi) is 3.53. The summed E-state index contributed by atoms with van der Waals surface area (Å²) in [5, 5.41) is 0.431. The van der Waals surface area contributed by atoms with Gasteiger partial charge in [-0.3, -0.25) is 4.72 Å². The summed E-state index contributed by atoms with van der Waals surface area (Å²) in [6, 6.07) is 3.12. The maximum absolute atomic E-state index is 12.2. The predicted molar refractivity (Wildman–Crippen MR) is 85.2 cm³/mol. The minimum atomic E-state index is -3.61. The van der Waals surface area contributed by atoms with Crippen LogP contribution in [-0.2, 0) is 22.9 Å². The van der Waals surface area contributed by atoms with Gasteiger partial charge in [0.25, 0.3) is 10.0 Å². The van der Waals surface area contributed by atoms with E-state index in [1.807, 2.05) is 0 Å². The summed E-state index contributed by atoms with van der Waals surface area (Å²) in [7, 11) is -3.61. The third-order valence-corrected chi connectivity index (χ3v) is 7.41. The fourth-order valence-electron chi connectivity index (χ4n) is 2.00. The molecule has 9 heteroatoms. The number of nitrogens with two attached hydrogens (primary N) is 1. The third-order valence-electron chi connectivity index (χ3n) is 2.91. The molecular weight excluding hydrogens is 334 g/mol. The Hall–Kier alpha value is -1.03. The molecule has 0 saturated heterocycles. The second-order valence-corrected chi connectivity index (χ2v) is 8.85. The summed E-state index contributed by atoms with van der Waals surface area (Å²) in [5.74, 6) is 0. The van der Waals surface area contributed by atoms with Crippen LogP contribution in [0.2, 0.25) is 0 Å². The van der Waals surface area contributed by atoms with Gasteiger partial charge < -0.3 is 5.73 Å². The number of nitrogens with zero attached hydrogens (tertiary/aromatic N) is 1. The Morgan fingerprint density at radius 3 is 2.80 bits per heavy atom. The molecule has 1 aliphatic carbocycles. The minimum absolute atomic E-state index is 0.190. The van der Waals surface area contributed by atoms with Gasteiger partial charge in [0.15, 0.2) is 5.13 Å². The van der Waals surface area contributed by atoms with Crippen LogP contribution in [-0.4, -0.2) is 18.4 Å². The van der Waals surface area contributed by atoms with Crippen LogP contribution in [0.3, 0.4) is 0 Å². The highest BCUT2D eigenvalue weighted by Gasteiger charge is 2.22. The molecule has 2 heterocycles. The van der Waals surface area contributed by atoms with Crippen LogP contribution < -0.4 is 10.5 Å². The van der Waals surface area contributed by atoms with E-state index in [1.54, 1.807) is 6.07 Å². The molecule has 0 bridgehead atoms. The van der Waals surface area contributed by atoms with Crippen molar-refractivity contribution in [2.75, 3.05) is 4.72 Å². The van der Waals surface area contributed by atoms with Crippen LogP contribution in [0.5, 0.6) is 0 Å². The topological polar surface area (TPSA) is 85.1 Å². The quantitative estimate of drug-likeness (QED) is 0.829. The van der Waals surface area contributed by atoms with Gasteiger partial charge in [-0.15, -0.1) is 22.7 Å². The SMILES string of the molecule is NC(=S)c1ccc(S(=O)(=O)Nc2nc3c(s2)CCC3)s1. The summed E-state index contributed by atoms with van der Waals surface area (Å²) >= 11 is 7.30. The van der Waals surface area contributed by atoms with E-state index < -0.39 is 10.0 Å². The summed E-state index contributed by atoms with van der Waals surface area (Å²) < 4.78 is 27.2. The first-order chi connectivity index (χ1) is 9.45. The van der Waals surface area contributed by atoms with Crippen LogP contribution in [0.25, 0.3) is 0 Å². The van der Waals surface area contributed by atoms with Gasteiger partial charge >= 0.3 is 0 Å². The molecule has 0 radical (unpaired) electrons. The minimum Gasteiger partial charge on any atom is -0.389 e. The molecule has 1 aliphatic rings. The number of anilines is 1. The molecule has 3 rings (SSSR count). The maximum atomic E-state index is 12.2. The van der Waals surface area contributed by atoms with Crippen molar-refractivity contribution < 1.29 is 8.42 Å². The molecule has 3 N–H and O–H groups in total. The average molecular weight is 345 g/mol. The Bertz CT molecular complexity index is 754. The zero-order chi connectivity index (χ0) is 14.3. The van der Waals surface area contributed by atoms with E-state index in [1.165, 1.54) is 22.3 Å². The highest BCUT2D eigenvalue weighted by Crippen LogP contribution is 2.32. The number of aromatic nitrogens is 1. The summed E-state index contributed by atoms with van der Waals surface area (Å²) in [5.41, 5.74) is 6.50. The molecule has 0 spiro atoms. The van der Waals surface area contributed by atoms with Gasteiger partial charge in [0.2, 0.25) is 0 Å². The number of hydrogen-bond acceptors (Lipinski definition) is 6. The van der Waals surface area contributed by atoms with Gasteiger partial charge in [0.05, 0.1) is 10.6 Å². The van der Waals surface area contributed by atoms with Crippen molar-refractivity contribution in [1.82, 2.24) is 4.98 Å². The first kappa shape index (κ1) is 13.9. The Morgan fingerprint density at radius 2 is 2.15 bits per heavy atom. The first-order valence-electron chi connectivity index (χ1n) is 5.87. The van der Waals surface area contributed by atoms with Crippen molar-refractivity contribution in [3.05, 3.63) is 27.6 Å². The maximum Gasteiger partial charge on any atom is 0.273 e. The van der Waals surface area contributed by atoms with Crippen LogP contribution in [0, 0.1) is 0 Å². The summed E-state index contributed by atoms with van der Waals surface area (Å²) in [4.78, 5) is 6.29. The van der Waals surface area contributed by atoms with Crippen LogP contribution in [0.1, 0.15) is 21.9 Å². The molecule has 2 aromatic rings. The van der Waals surface area contributed by atoms with E-state index in [-0.39, 0.29) is 9.20 Å². The van der Waals surface area contributed by atoms with Crippen molar-refractivity contribution in [2.45, 2.75) is 23.5 Å². The smallest absolute Gasteiger partial charge is 0.273 e. The normalized spacial score (nSPS) is 14.2. The molecule has 0 unspecified atom stereocenters. The van der Waals surface area contributed by atoms with Gasteiger partial charge in [-0.2, -0.15) is 0 Å². The monoisotopic (exact) mass is 345 g/mol. The summed E-state index contributed by atoms with van der Waals surface area (Å²) in [6.45, 7) is 0. The lowest BCUT2D eigenvalue weighted by atomic mass is 10.4. The van der Waals surface area contributed by atoms with Gasteiger partial charge in [-0.05, 0) is 31.4 Å².